The molecule has 0 fully saturated rings. The molecule has 0 amide bonds. The molecule has 0 aliphatic carbocycles. The molecule has 0 aliphatic rings. The lowest BCUT2D eigenvalue weighted by Gasteiger charge is -2.03. The highest BCUT2D eigenvalue weighted by Gasteiger charge is 2.19. The van der Waals surface area contributed by atoms with Crippen LogP contribution >= 0.6 is 11.8 Å². The third-order valence-corrected chi connectivity index (χ3v) is 3.78. The van der Waals surface area contributed by atoms with Gasteiger partial charge in [0.05, 0.1) is 15.5 Å². The number of aryl methyl sites for hydroxylation is 2. The molecule has 0 spiro atoms. The number of rotatable bonds is 3. The molecule has 0 saturated carbocycles. The fourth-order valence-corrected chi connectivity index (χ4v) is 2.75. The van der Waals surface area contributed by atoms with Crippen molar-refractivity contribution in [2.75, 3.05) is 0 Å². The van der Waals surface area contributed by atoms with E-state index >= 15 is 0 Å². The first kappa shape index (κ1) is 13.1. The highest BCUT2D eigenvalue weighted by molar-refractivity contribution is 7.99. The minimum atomic E-state index is -0.433. The second kappa shape index (κ2) is 5.12. The smallest absolute Gasteiger partial charge is 0.260 e. The molecular formula is C12H10N4O2S. The van der Waals surface area contributed by atoms with Crippen molar-refractivity contribution in [3.8, 4) is 6.07 Å². The molecule has 0 saturated heterocycles. The number of hydrogen-bond acceptors (Lipinski definition) is 5. The molecule has 0 radical (unpaired) electrons. The lowest BCUT2D eigenvalue weighted by molar-refractivity contribution is -0.387. The number of aromatic nitrogens is 2. The summed E-state index contributed by atoms with van der Waals surface area (Å²) < 4.78 is 1.56. The summed E-state index contributed by atoms with van der Waals surface area (Å²) in [4.78, 5) is 11.0. The number of nitrogens with zero attached hydrogens (tertiary/aromatic N) is 4. The molecule has 7 heteroatoms. The summed E-state index contributed by atoms with van der Waals surface area (Å²) in [6.45, 7) is 1.74. The van der Waals surface area contributed by atoms with E-state index in [0.717, 1.165) is 0 Å². The Morgan fingerprint density at radius 2 is 2.16 bits per heavy atom. The summed E-state index contributed by atoms with van der Waals surface area (Å²) in [5, 5.41) is 24.8. The average molecular weight is 274 g/mol. The normalized spacial score (nSPS) is 10.2. The van der Waals surface area contributed by atoms with E-state index in [4.69, 9.17) is 5.26 Å². The number of hydrogen-bond donors (Lipinski definition) is 0. The quantitative estimate of drug-likeness (QED) is 0.634. The Balaban J connectivity index is 2.48. The first-order valence-electron chi connectivity index (χ1n) is 5.39. The van der Waals surface area contributed by atoms with E-state index in [1.165, 1.54) is 17.8 Å². The van der Waals surface area contributed by atoms with Gasteiger partial charge in [0.15, 0.2) is 0 Å². The maximum absolute atomic E-state index is 11.0. The monoisotopic (exact) mass is 274 g/mol. The third kappa shape index (κ3) is 2.44. The molecule has 0 aliphatic heterocycles. The zero-order chi connectivity index (χ0) is 14.0. The summed E-state index contributed by atoms with van der Waals surface area (Å²) in [5.74, 6) is 0. The van der Waals surface area contributed by atoms with E-state index in [0.29, 0.717) is 21.2 Å². The molecule has 2 aromatic rings. The Labute approximate surface area is 113 Å². The van der Waals surface area contributed by atoms with E-state index in [1.54, 1.807) is 36.9 Å². The molecule has 6 nitrogen and oxygen atoms in total. The van der Waals surface area contributed by atoms with Gasteiger partial charge in [-0.2, -0.15) is 10.4 Å². The van der Waals surface area contributed by atoms with Crippen LogP contribution in [0.25, 0.3) is 0 Å². The number of para-hydroxylation sites is 1. The van der Waals surface area contributed by atoms with Crippen molar-refractivity contribution in [2.45, 2.75) is 16.8 Å². The molecule has 0 bridgehead atoms. The lowest BCUT2D eigenvalue weighted by atomic mass is 10.3. The van der Waals surface area contributed by atoms with Crippen LogP contribution in [0.5, 0.6) is 0 Å². The van der Waals surface area contributed by atoms with Gasteiger partial charge in [0.25, 0.3) is 5.69 Å². The second-order valence-electron chi connectivity index (χ2n) is 3.83. The SMILES string of the molecule is Cc1nn(C)c(Sc2ccccc2[N+](=O)[O-])c1C#N. The number of nitro groups is 1. The van der Waals surface area contributed by atoms with Gasteiger partial charge in [0.2, 0.25) is 0 Å². The van der Waals surface area contributed by atoms with Gasteiger partial charge in [-0.05, 0) is 13.0 Å². The fourth-order valence-electron chi connectivity index (χ4n) is 1.68. The Kier molecular flexibility index (Phi) is 3.53. The molecule has 0 unspecified atom stereocenters. The van der Waals surface area contributed by atoms with Gasteiger partial charge in [0, 0.05) is 13.1 Å². The largest absolute Gasteiger partial charge is 0.283 e. The molecule has 1 aromatic carbocycles. The van der Waals surface area contributed by atoms with Gasteiger partial charge >= 0.3 is 0 Å². The Morgan fingerprint density at radius 1 is 1.47 bits per heavy atom. The van der Waals surface area contributed by atoms with Gasteiger partial charge in [-0.15, -0.1) is 0 Å². The van der Waals surface area contributed by atoms with E-state index < -0.39 is 4.92 Å². The van der Waals surface area contributed by atoms with Crippen LogP contribution < -0.4 is 0 Å². The van der Waals surface area contributed by atoms with Crippen LogP contribution in [0.3, 0.4) is 0 Å². The molecule has 0 atom stereocenters. The van der Waals surface area contributed by atoms with Crippen LogP contribution in [-0.4, -0.2) is 14.7 Å². The fraction of sp³-hybridized carbons (Fsp3) is 0.167. The summed E-state index contributed by atoms with van der Waals surface area (Å²) in [6.07, 6.45) is 0. The first-order chi connectivity index (χ1) is 9.04. The topological polar surface area (TPSA) is 84.8 Å². The number of benzene rings is 1. The number of nitriles is 1. The maximum Gasteiger partial charge on any atom is 0.283 e. The minimum absolute atomic E-state index is 0.0234. The van der Waals surface area contributed by atoms with Crippen LogP contribution in [0.1, 0.15) is 11.3 Å². The molecule has 96 valence electrons. The standard InChI is InChI=1S/C12H10N4O2S/c1-8-9(7-13)12(15(2)14-8)19-11-6-4-3-5-10(11)16(17)18/h3-6H,1-2H3. The van der Waals surface area contributed by atoms with Crippen LogP contribution in [-0.2, 0) is 7.05 Å². The summed E-state index contributed by atoms with van der Waals surface area (Å²) in [7, 11) is 1.71. The summed E-state index contributed by atoms with van der Waals surface area (Å²) in [5.41, 5.74) is 1.09. The molecule has 1 heterocycles. The van der Waals surface area contributed by atoms with Crippen molar-refractivity contribution in [3.05, 3.63) is 45.6 Å². The van der Waals surface area contributed by atoms with Crippen molar-refractivity contribution >= 4 is 17.4 Å². The highest BCUT2D eigenvalue weighted by atomic mass is 32.2. The van der Waals surface area contributed by atoms with Crippen molar-refractivity contribution in [2.24, 2.45) is 7.05 Å². The van der Waals surface area contributed by atoms with Gasteiger partial charge < -0.3 is 0 Å². The molecule has 19 heavy (non-hydrogen) atoms. The maximum atomic E-state index is 11.0. The molecule has 1 aromatic heterocycles. The predicted molar refractivity (Wildman–Crippen MR) is 69.9 cm³/mol. The van der Waals surface area contributed by atoms with Crippen molar-refractivity contribution in [1.82, 2.24) is 9.78 Å². The Bertz CT molecular complexity index is 688. The van der Waals surface area contributed by atoms with Gasteiger partial charge in [-0.1, -0.05) is 23.9 Å². The molecular weight excluding hydrogens is 264 g/mol. The van der Waals surface area contributed by atoms with E-state index in [1.807, 2.05) is 0 Å². The highest BCUT2D eigenvalue weighted by Crippen LogP contribution is 2.36. The van der Waals surface area contributed by atoms with Crippen LogP contribution in [0.4, 0.5) is 5.69 Å². The van der Waals surface area contributed by atoms with Crippen LogP contribution in [0, 0.1) is 28.4 Å². The Hall–Kier alpha value is -2.33. The van der Waals surface area contributed by atoms with Gasteiger partial charge in [-0.25, -0.2) is 0 Å². The zero-order valence-electron chi connectivity index (χ0n) is 10.3. The predicted octanol–water partition coefficient (Wildman–Crippen LogP) is 2.66. The number of nitro benzene ring substituents is 1. The molecule has 0 N–H and O–H groups in total. The van der Waals surface area contributed by atoms with E-state index in [9.17, 15) is 10.1 Å². The van der Waals surface area contributed by atoms with Crippen LogP contribution in [0.2, 0.25) is 0 Å². The van der Waals surface area contributed by atoms with Crippen molar-refractivity contribution in [3.63, 3.8) is 0 Å². The zero-order valence-corrected chi connectivity index (χ0v) is 11.1. The Morgan fingerprint density at radius 3 is 2.79 bits per heavy atom. The molecule has 2 rings (SSSR count). The van der Waals surface area contributed by atoms with Gasteiger partial charge in [-0.3, -0.25) is 14.8 Å². The second-order valence-corrected chi connectivity index (χ2v) is 4.86. The van der Waals surface area contributed by atoms with E-state index in [-0.39, 0.29) is 5.69 Å². The minimum Gasteiger partial charge on any atom is -0.260 e. The lowest BCUT2D eigenvalue weighted by Crippen LogP contribution is -1.95. The van der Waals surface area contributed by atoms with Crippen LogP contribution in [0.15, 0.2) is 34.2 Å². The third-order valence-electron chi connectivity index (χ3n) is 2.55. The summed E-state index contributed by atoms with van der Waals surface area (Å²) >= 11 is 1.18. The summed E-state index contributed by atoms with van der Waals surface area (Å²) in [6, 6.07) is 8.52. The van der Waals surface area contributed by atoms with Crippen molar-refractivity contribution in [1.29, 1.82) is 5.26 Å². The first-order valence-corrected chi connectivity index (χ1v) is 6.21. The van der Waals surface area contributed by atoms with Crippen molar-refractivity contribution < 1.29 is 4.92 Å². The average Bonchev–Trinajstić information content (AvgIpc) is 2.64. The van der Waals surface area contributed by atoms with E-state index in [2.05, 4.69) is 11.2 Å². The van der Waals surface area contributed by atoms with Gasteiger partial charge in [0.1, 0.15) is 16.7 Å².